The molecule has 0 spiro atoms. The van der Waals surface area contributed by atoms with Crippen molar-refractivity contribution in [3.8, 4) is 11.5 Å². The van der Waals surface area contributed by atoms with Gasteiger partial charge in [-0.15, -0.1) is 11.3 Å². The van der Waals surface area contributed by atoms with Gasteiger partial charge in [0.15, 0.2) is 11.5 Å². The zero-order chi connectivity index (χ0) is 15.0. The number of aryl methyl sites for hydroxylation is 3. The van der Waals surface area contributed by atoms with Crippen molar-refractivity contribution in [1.29, 1.82) is 0 Å². The molecular weight excluding hydrogens is 348 g/mol. The lowest BCUT2D eigenvalue weighted by Crippen LogP contribution is -1.98. The summed E-state index contributed by atoms with van der Waals surface area (Å²) >= 11 is 5.81. The normalized spacial score (nSPS) is 14.9. The molecule has 1 unspecified atom stereocenters. The van der Waals surface area contributed by atoms with E-state index >= 15 is 0 Å². The van der Waals surface area contributed by atoms with Gasteiger partial charge in [-0.25, -0.2) is 0 Å². The minimum atomic E-state index is 0.216. The third kappa shape index (κ3) is 2.71. The van der Waals surface area contributed by atoms with E-state index in [-0.39, 0.29) is 4.83 Å². The number of rotatable bonds is 4. The number of thiophene rings is 1. The molecular formula is C17H19BrO2S. The standard InChI is InChI=1S/C17H19BrO2S/c1-10-7-13(19-2)14(20-3)9-12(10)17(18)16-8-11-5-4-6-15(11)21-16/h7-9,17H,4-6H2,1-3H3. The van der Waals surface area contributed by atoms with Gasteiger partial charge in [0.05, 0.1) is 19.0 Å². The van der Waals surface area contributed by atoms with E-state index in [9.17, 15) is 0 Å². The van der Waals surface area contributed by atoms with E-state index in [1.54, 1.807) is 19.1 Å². The van der Waals surface area contributed by atoms with Crippen LogP contribution in [0.15, 0.2) is 18.2 Å². The van der Waals surface area contributed by atoms with Crippen molar-refractivity contribution in [3.63, 3.8) is 0 Å². The summed E-state index contributed by atoms with van der Waals surface area (Å²) in [6.45, 7) is 2.12. The third-order valence-electron chi connectivity index (χ3n) is 4.06. The van der Waals surface area contributed by atoms with E-state index in [0.29, 0.717) is 0 Å². The number of hydrogen-bond acceptors (Lipinski definition) is 3. The van der Waals surface area contributed by atoms with Crippen LogP contribution >= 0.6 is 27.3 Å². The Hall–Kier alpha value is -1.00. The Labute approximate surface area is 138 Å². The van der Waals surface area contributed by atoms with Crippen LogP contribution in [0.4, 0.5) is 0 Å². The Bertz CT molecular complexity index is 642. The van der Waals surface area contributed by atoms with Crippen molar-refractivity contribution in [2.75, 3.05) is 14.2 Å². The molecule has 2 nitrogen and oxygen atoms in total. The molecule has 0 N–H and O–H groups in total. The lowest BCUT2D eigenvalue weighted by molar-refractivity contribution is 0.354. The van der Waals surface area contributed by atoms with Gasteiger partial charge in [0.2, 0.25) is 0 Å². The fraction of sp³-hybridized carbons (Fsp3) is 0.412. The molecule has 0 bridgehead atoms. The van der Waals surface area contributed by atoms with Gasteiger partial charge in [0, 0.05) is 9.75 Å². The minimum Gasteiger partial charge on any atom is -0.493 e. The van der Waals surface area contributed by atoms with E-state index < -0.39 is 0 Å². The van der Waals surface area contributed by atoms with Crippen LogP contribution in [0.25, 0.3) is 0 Å². The molecule has 21 heavy (non-hydrogen) atoms. The fourth-order valence-electron chi connectivity index (χ4n) is 2.90. The molecule has 0 fully saturated rings. The van der Waals surface area contributed by atoms with Crippen molar-refractivity contribution in [3.05, 3.63) is 44.6 Å². The maximum absolute atomic E-state index is 5.44. The lowest BCUT2D eigenvalue weighted by Gasteiger charge is -2.16. The maximum atomic E-state index is 5.44. The predicted octanol–water partition coefficient (Wildman–Crippen LogP) is 5.05. The summed E-state index contributed by atoms with van der Waals surface area (Å²) in [5.74, 6) is 1.57. The molecule has 1 aliphatic carbocycles. The summed E-state index contributed by atoms with van der Waals surface area (Å²) in [5, 5.41) is 0. The van der Waals surface area contributed by atoms with E-state index in [4.69, 9.17) is 9.47 Å². The topological polar surface area (TPSA) is 18.5 Å². The quantitative estimate of drug-likeness (QED) is 0.705. The smallest absolute Gasteiger partial charge is 0.161 e. The van der Waals surface area contributed by atoms with Crippen LogP contribution < -0.4 is 9.47 Å². The fourth-order valence-corrected chi connectivity index (χ4v) is 5.06. The van der Waals surface area contributed by atoms with E-state index in [1.807, 2.05) is 17.4 Å². The van der Waals surface area contributed by atoms with Crippen LogP contribution in [0, 0.1) is 6.92 Å². The highest BCUT2D eigenvalue weighted by atomic mass is 79.9. The molecule has 112 valence electrons. The van der Waals surface area contributed by atoms with Gasteiger partial charge in [-0.3, -0.25) is 0 Å². The van der Waals surface area contributed by atoms with Gasteiger partial charge in [0.1, 0.15) is 0 Å². The Morgan fingerprint density at radius 1 is 1.10 bits per heavy atom. The van der Waals surface area contributed by atoms with Crippen molar-refractivity contribution in [2.45, 2.75) is 31.0 Å². The van der Waals surface area contributed by atoms with Crippen molar-refractivity contribution >= 4 is 27.3 Å². The number of benzene rings is 1. The molecule has 1 atom stereocenters. The second kappa shape index (κ2) is 6.01. The summed E-state index contributed by atoms with van der Waals surface area (Å²) in [7, 11) is 3.35. The number of methoxy groups -OCH3 is 2. The summed E-state index contributed by atoms with van der Waals surface area (Å²) in [6.07, 6.45) is 3.78. The second-order valence-electron chi connectivity index (χ2n) is 5.38. The molecule has 0 aliphatic heterocycles. The summed E-state index contributed by atoms with van der Waals surface area (Å²) in [4.78, 5) is 3.16. The molecule has 0 saturated heterocycles. The van der Waals surface area contributed by atoms with Crippen molar-refractivity contribution in [2.24, 2.45) is 0 Å². The van der Waals surface area contributed by atoms with Crippen LogP contribution in [-0.4, -0.2) is 14.2 Å². The molecule has 0 radical (unpaired) electrons. The first kappa shape index (κ1) is 14.9. The van der Waals surface area contributed by atoms with Gasteiger partial charge in [-0.1, -0.05) is 15.9 Å². The first-order valence-corrected chi connectivity index (χ1v) is 8.85. The Morgan fingerprint density at radius 3 is 2.48 bits per heavy atom. The number of fused-ring (bicyclic) bond motifs is 1. The first-order valence-electron chi connectivity index (χ1n) is 7.12. The molecule has 1 aromatic carbocycles. The highest BCUT2D eigenvalue weighted by molar-refractivity contribution is 9.09. The van der Waals surface area contributed by atoms with Gasteiger partial charge in [0.25, 0.3) is 0 Å². The van der Waals surface area contributed by atoms with Crippen LogP contribution in [0.5, 0.6) is 11.5 Å². The number of hydrogen-bond donors (Lipinski definition) is 0. The van der Waals surface area contributed by atoms with Gasteiger partial charge < -0.3 is 9.47 Å². The number of ether oxygens (including phenoxy) is 2. The van der Waals surface area contributed by atoms with Gasteiger partial charge >= 0.3 is 0 Å². The third-order valence-corrected chi connectivity index (χ3v) is 6.65. The maximum Gasteiger partial charge on any atom is 0.161 e. The number of alkyl halides is 1. The molecule has 2 aromatic rings. The molecule has 1 heterocycles. The Morgan fingerprint density at radius 2 is 1.81 bits per heavy atom. The van der Waals surface area contributed by atoms with Crippen LogP contribution in [-0.2, 0) is 12.8 Å². The zero-order valence-electron chi connectivity index (χ0n) is 12.5. The van der Waals surface area contributed by atoms with Crippen LogP contribution in [0.1, 0.15) is 37.7 Å². The van der Waals surface area contributed by atoms with Crippen molar-refractivity contribution < 1.29 is 9.47 Å². The molecule has 1 aromatic heterocycles. The highest BCUT2D eigenvalue weighted by Crippen LogP contribution is 2.43. The average Bonchev–Trinajstić information content (AvgIpc) is 3.07. The van der Waals surface area contributed by atoms with Crippen LogP contribution in [0.3, 0.4) is 0 Å². The summed E-state index contributed by atoms with van der Waals surface area (Å²) in [5.41, 5.74) is 3.99. The second-order valence-corrected chi connectivity index (χ2v) is 7.46. The zero-order valence-corrected chi connectivity index (χ0v) is 14.9. The SMILES string of the molecule is COc1cc(C)c(C(Br)c2cc3c(s2)CCC3)cc1OC. The van der Waals surface area contributed by atoms with Gasteiger partial charge in [-0.05, 0) is 61.1 Å². The Kier molecular flexibility index (Phi) is 4.27. The molecule has 3 rings (SSSR count). The van der Waals surface area contributed by atoms with Gasteiger partial charge in [-0.2, -0.15) is 0 Å². The summed E-state index contributed by atoms with van der Waals surface area (Å²) < 4.78 is 10.8. The Balaban J connectivity index is 1.98. The van der Waals surface area contributed by atoms with E-state index in [1.165, 1.54) is 40.8 Å². The van der Waals surface area contributed by atoms with Crippen molar-refractivity contribution in [1.82, 2.24) is 0 Å². The molecule has 1 aliphatic rings. The molecule has 0 amide bonds. The number of halogens is 1. The predicted molar refractivity (Wildman–Crippen MR) is 91.4 cm³/mol. The van der Waals surface area contributed by atoms with E-state index in [0.717, 1.165) is 11.5 Å². The van der Waals surface area contributed by atoms with E-state index in [2.05, 4.69) is 35.0 Å². The minimum absolute atomic E-state index is 0.216. The lowest BCUT2D eigenvalue weighted by atomic mass is 10.0. The largest absolute Gasteiger partial charge is 0.493 e. The summed E-state index contributed by atoms with van der Waals surface area (Å²) in [6, 6.07) is 6.49. The molecule has 0 saturated carbocycles. The molecule has 4 heteroatoms. The highest BCUT2D eigenvalue weighted by Gasteiger charge is 2.22. The van der Waals surface area contributed by atoms with Crippen LogP contribution in [0.2, 0.25) is 0 Å². The first-order chi connectivity index (χ1) is 10.1. The average molecular weight is 367 g/mol. The monoisotopic (exact) mass is 366 g/mol.